The second-order valence-electron chi connectivity index (χ2n) is 10.7. The van der Waals surface area contributed by atoms with E-state index in [0.717, 1.165) is 33.1 Å². The lowest BCUT2D eigenvalue weighted by molar-refractivity contribution is 0.411. The molecule has 0 atom stereocenters. The van der Waals surface area contributed by atoms with Gasteiger partial charge in [0.05, 0.1) is 5.69 Å². The molecule has 2 heteroatoms. The van der Waals surface area contributed by atoms with Crippen molar-refractivity contribution < 1.29 is 7.16 Å². The van der Waals surface area contributed by atoms with Gasteiger partial charge < -0.3 is 4.42 Å². The van der Waals surface area contributed by atoms with E-state index in [4.69, 9.17) is 7.16 Å². The molecule has 2 nitrogen and oxygen atoms in total. The number of furan rings is 1. The maximum absolute atomic E-state index is 8.73. The zero-order valence-electron chi connectivity index (χ0n) is 23.7. The lowest BCUT2D eigenvalue weighted by Gasteiger charge is -2.18. The van der Waals surface area contributed by atoms with E-state index in [-0.39, 0.29) is 0 Å². The van der Waals surface area contributed by atoms with Crippen LogP contribution < -0.4 is 0 Å². The molecule has 0 amide bonds. The molecule has 0 unspecified atom stereocenters. The van der Waals surface area contributed by atoms with Crippen molar-refractivity contribution >= 4 is 21.9 Å². The van der Waals surface area contributed by atoms with Gasteiger partial charge in [-0.3, -0.25) is 4.98 Å². The van der Waals surface area contributed by atoms with Crippen molar-refractivity contribution in [1.29, 1.82) is 0 Å². The van der Waals surface area contributed by atoms with Crippen LogP contribution in [0.1, 0.15) is 34.6 Å². The molecule has 6 rings (SSSR count). The van der Waals surface area contributed by atoms with E-state index in [1.54, 1.807) is 12.3 Å². The quantitative estimate of drug-likeness (QED) is 0.249. The van der Waals surface area contributed by atoms with Gasteiger partial charge in [0.2, 0.25) is 0 Å². The summed E-state index contributed by atoms with van der Waals surface area (Å²) in [6.45, 7) is 7.91. The highest BCUT2D eigenvalue weighted by atomic mass is 16.3. The first-order chi connectivity index (χ1) is 18.6. The Balaban J connectivity index is 1.43. The molecule has 0 radical (unpaired) electrons. The predicted molar refractivity (Wildman–Crippen MR) is 156 cm³/mol. The summed E-state index contributed by atoms with van der Waals surface area (Å²) in [4.78, 5) is 4.61. The van der Waals surface area contributed by atoms with Crippen molar-refractivity contribution in [1.82, 2.24) is 4.98 Å². The van der Waals surface area contributed by atoms with Gasteiger partial charge in [-0.25, -0.2) is 0 Å². The van der Waals surface area contributed by atoms with E-state index in [1.807, 2.05) is 45.0 Å². The molecule has 0 aliphatic rings. The van der Waals surface area contributed by atoms with Gasteiger partial charge in [0.15, 0.2) is 0 Å². The number of para-hydroxylation sites is 1. The fourth-order valence-corrected chi connectivity index (χ4v) is 5.05. The summed E-state index contributed by atoms with van der Waals surface area (Å²) in [5.41, 5.74) is 9.13. The molecule has 182 valence electrons. The minimum Gasteiger partial charge on any atom is -0.455 e. The van der Waals surface area contributed by atoms with Crippen molar-refractivity contribution in [3.8, 4) is 33.5 Å². The molecule has 4 aromatic carbocycles. The van der Waals surface area contributed by atoms with Crippen molar-refractivity contribution in [3.05, 3.63) is 114 Å². The highest BCUT2D eigenvalue weighted by molar-refractivity contribution is 6.10. The fraction of sp³-hybridized carbons (Fsp3) is 0.171. The van der Waals surface area contributed by atoms with Crippen LogP contribution in [0.4, 0.5) is 0 Å². The molecule has 0 saturated carbocycles. The average molecular weight is 484 g/mol. The number of hydrogen-bond acceptors (Lipinski definition) is 2. The van der Waals surface area contributed by atoms with Crippen LogP contribution in [0, 0.1) is 12.3 Å². The SMILES string of the molecule is [2H]C([2H])(c1ccnc(-c2cccc3c2oc2cc(-c4ccc(-c5ccccc5)cc4C)ccc23)c1)C(C)(C)C. The normalized spacial score (nSPS) is 13.1. The number of hydrogen-bond donors (Lipinski definition) is 0. The highest BCUT2D eigenvalue weighted by Crippen LogP contribution is 2.38. The van der Waals surface area contributed by atoms with E-state index in [1.165, 1.54) is 22.3 Å². The molecule has 0 saturated heterocycles. The Kier molecular flexibility index (Phi) is 5.13. The largest absolute Gasteiger partial charge is 0.455 e. The number of pyridine rings is 1. The van der Waals surface area contributed by atoms with Crippen molar-refractivity contribution in [2.24, 2.45) is 5.41 Å². The molecule has 6 aromatic rings. The van der Waals surface area contributed by atoms with Gasteiger partial charge in [-0.15, -0.1) is 0 Å². The molecule has 0 N–H and O–H groups in total. The molecule has 37 heavy (non-hydrogen) atoms. The Morgan fingerprint density at radius 2 is 1.54 bits per heavy atom. The molecule has 2 heterocycles. The lowest BCUT2D eigenvalue weighted by Crippen LogP contribution is -2.09. The summed E-state index contributed by atoms with van der Waals surface area (Å²) in [7, 11) is 0. The fourth-order valence-electron chi connectivity index (χ4n) is 5.05. The molecule has 0 bridgehead atoms. The third-order valence-electron chi connectivity index (χ3n) is 6.70. The number of aromatic nitrogens is 1. The average Bonchev–Trinajstić information content (AvgIpc) is 3.31. The Morgan fingerprint density at radius 1 is 0.730 bits per heavy atom. The number of aryl methyl sites for hydroxylation is 1. The van der Waals surface area contributed by atoms with Gasteiger partial charge in [0.1, 0.15) is 11.2 Å². The number of rotatable bonds is 4. The van der Waals surface area contributed by atoms with Crippen molar-refractivity contribution in [3.63, 3.8) is 0 Å². The van der Waals surface area contributed by atoms with E-state index in [9.17, 15) is 0 Å². The Labute approximate surface area is 221 Å². The van der Waals surface area contributed by atoms with Crippen LogP contribution in [0.25, 0.3) is 55.4 Å². The summed E-state index contributed by atoms with van der Waals surface area (Å²) < 4.78 is 23.9. The Morgan fingerprint density at radius 3 is 2.32 bits per heavy atom. The van der Waals surface area contributed by atoms with Gasteiger partial charge in [0, 0.05) is 25.3 Å². The van der Waals surface area contributed by atoms with Crippen LogP contribution in [0.15, 0.2) is 108 Å². The van der Waals surface area contributed by atoms with E-state index < -0.39 is 11.8 Å². The van der Waals surface area contributed by atoms with E-state index in [0.29, 0.717) is 11.3 Å². The summed E-state index contributed by atoms with van der Waals surface area (Å²) >= 11 is 0. The summed E-state index contributed by atoms with van der Waals surface area (Å²) in [5.74, 6) is 0. The molecule has 2 aromatic heterocycles. The van der Waals surface area contributed by atoms with Gasteiger partial charge in [0.25, 0.3) is 0 Å². The third kappa shape index (κ3) is 4.56. The van der Waals surface area contributed by atoms with E-state index >= 15 is 0 Å². The van der Waals surface area contributed by atoms with Crippen LogP contribution in [-0.4, -0.2) is 4.98 Å². The predicted octanol–water partition coefficient (Wildman–Crippen LogP) is 9.88. The molecule has 0 aliphatic heterocycles. The highest BCUT2D eigenvalue weighted by Gasteiger charge is 2.16. The molecule has 0 aliphatic carbocycles. The summed E-state index contributed by atoms with van der Waals surface area (Å²) in [6.07, 6.45) is 0.186. The summed E-state index contributed by atoms with van der Waals surface area (Å²) in [6, 6.07) is 33.1. The van der Waals surface area contributed by atoms with Crippen molar-refractivity contribution in [2.45, 2.75) is 34.1 Å². The van der Waals surface area contributed by atoms with Crippen LogP contribution in [0.3, 0.4) is 0 Å². The minimum absolute atomic E-state index is 0.551. The van der Waals surface area contributed by atoms with E-state index in [2.05, 4.69) is 78.6 Å². The first kappa shape index (κ1) is 21.0. The van der Waals surface area contributed by atoms with Crippen LogP contribution >= 0.6 is 0 Å². The van der Waals surface area contributed by atoms with Crippen LogP contribution in [0.5, 0.6) is 0 Å². The first-order valence-electron chi connectivity index (χ1n) is 13.7. The minimum atomic E-state index is -1.50. The van der Waals surface area contributed by atoms with Gasteiger partial charge in [-0.2, -0.15) is 0 Å². The Hall–Kier alpha value is -4.17. The van der Waals surface area contributed by atoms with Gasteiger partial charge in [-0.05, 0) is 82.4 Å². The molecular formula is C35H31NO. The maximum atomic E-state index is 8.73. The maximum Gasteiger partial charge on any atom is 0.144 e. The zero-order chi connectivity index (χ0) is 27.4. The number of fused-ring (bicyclic) bond motifs is 3. The van der Waals surface area contributed by atoms with Gasteiger partial charge in [-0.1, -0.05) is 87.5 Å². The Bertz CT molecular complexity index is 1830. The second kappa shape index (κ2) is 9.05. The molecule has 0 spiro atoms. The molecule has 0 fully saturated rings. The standard InChI is InChI=1S/C35H31NO/c1-23-19-26(25-9-6-5-7-10-25)13-15-28(23)27-14-16-29-30-11-8-12-31(34(30)37-33(29)21-27)32-20-24(17-18-36-32)22-35(2,3)4/h5-21H,22H2,1-4H3/i22D2. The molecular weight excluding hydrogens is 450 g/mol. The second-order valence-corrected chi connectivity index (χ2v) is 10.7. The number of benzene rings is 4. The van der Waals surface area contributed by atoms with Crippen LogP contribution in [0.2, 0.25) is 0 Å². The smallest absolute Gasteiger partial charge is 0.144 e. The zero-order valence-corrected chi connectivity index (χ0v) is 21.7. The number of nitrogens with zero attached hydrogens (tertiary/aromatic N) is 1. The van der Waals surface area contributed by atoms with Crippen LogP contribution in [-0.2, 0) is 6.37 Å². The lowest BCUT2D eigenvalue weighted by atomic mass is 9.88. The monoisotopic (exact) mass is 483 g/mol. The summed E-state index contributed by atoms with van der Waals surface area (Å²) in [5, 5.41) is 2.08. The van der Waals surface area contributed by atoms with Crippen molar-refractivity contribution in [2.75, 3.05) is 0 Å². The van der Waals surface area contributed by atoms with Gasteiger partial charge >= 0.3 is 0 Å². The topological polar surface area (TPSA) is 26.0 Å². The third-order valence-corrected chi connectivity index (χ3v) is 6.70. The first-order valence-corrected chi connectivity index (χ1v) is 12.7.